The lowest BCUT2D eigenvalue weighted by Gasteiger charge is -2.15. The topological polar surface area (TPSA) is 67.2 Å². The molecule has 0 aliphatic heterocycles. The highest BCUT2D eigenvalue weighted by Gasteiger charge is 2.11. The van der Waals surface area contributed by atoms with E-state index in [0.29, 0.717) is 26.4 Å². The fraction of sp³-hybridized carbons (Fsp3) is 0.467. The quantitative estimate of drug-likeness (QED) is 0.436. The minimum Gasteiger partial charge on any atom is -0.494 e. The van der Waals surface area contributed by atoms with Gasteiger partial charge in [-0.3, -0.25) is 0 Å². The molecule has 1 aromatic carbocycles. The number of aliphatic hydroxyl groups excluding tert-OH is 1. The summed E-state index contributed by atoms with van der Waals surface area (Å²) in [5.74, 6) is 0.849. The van der Waals surface area contributed by atoms with Crippen LogP contribution < -0.4 is 9.75 Å². The third-order valence-electron chi connectivity index (χ3n) is 2.82. The Balaban J connectivity index is 2.14. The molecule has 2 rings (SSSR count). The van der Waals surface area contributed by atoms with E-state index in [1.807, 2.05) is 37.1 Å². The van der Waals surface area contributed by atoms with Crippen molar-refractivity contribution < 1.29 is 14.6 Å². The Morgan fingerprint density at radius 2 is 2.27 bits per heavy atom. The zero-order valence-electron chi connectivity index (χ0n) is 12.9. The number of rotatable bonds is 9. The highest BCUT2D eigenvalue weighted by Crippen LogP contribution is 2.31. The van der Waals surface area contributed by atoms with Gasteiger partial charge in [-0.1, -0.05) is 11.3 Å². The van der Waals surface area contributed by atoms with Crippen molar-refractivity contribution in [3.8, 4) is 5.75 Å². The molecule has 0 aliphatic rings. The first-order valence-corrected chi connectivity index (χ1v) is 8.08. The maximum absolute atomic E-state index is 8.73. The Hall–Kier alpha value is -1.70. The third-order valence-corrected chi connectivity index (χ3v) is 3.85. The van der Waals surface area contributed by atoms with Gasteiger partial charge in [0.25, 0.3) is 0 Å². The van der Waals surface area contributed by atoms with Crippen LogP contribution >= 0.6 is 11.3 Å². The number of nitrogens with zero attached hydrogens (tertiary/aromatic N) is 3. The molecular weight excluding hydrogens is 302 g/mol. The second-order valence-corrected chi connectivity index (χ2v) is 5.40. The molecule has 0 atom stereocenters. The maximum atomic E-state index is 8.73. The van der Waals surface area contributed by atoms with Crippen molar-refractivity contribution in [2.24, 2.45) is 5.10 Å². The van der Waals surface area contributed by atoms with Crippen LogP contribution in [0.1, 0.15) is 13.8 Å². The summed E-state index contributed by atoms with van der Waals surface area (Å²) in [6.45, 7) is 5.90. The zero-order chi connectivity index (χ0) is 15.8. The van der Waals surface area contributed by atoms with Gasteiger partial charge in [-0.25, -0.2) is 9.99 Å². The number of hydrazone groups is 1. The van der Waals surface area contributed by atoms with Gasteiger partial charge in [-0.2, -0.15) is 5.10 Å². The summed E-state index contributed by atoms with van der Waals surface area (Å²) in [5.41, 5.74) is 0.927. The van der Waals surface area contributed by atoms with Crippen LogP contribution in [0.15, 0.2) is 23.3 Å². The van der Waals surface area contributed by atoms with Crippen LogP contribution in [0.25, 0.3) is 10.2 Å². The molecule has 0 aliphatic carbocycles. The Labute approximate surface area is 134 Å². The number of anilines is 1. The molecule has 0 fully saturated rings. The molecule has 7 heteroatoms. The van der Waals surface area contributed by atoms with Gasteiger partial charge in [0.15, 0.2) is 0 Å². The van der Waals surface area contributed by atoms with Gasteiger partial charge in [0.05, 0.1) is 43.2 Å². The summed E-state index contributed by atoms with van der Waals surface area (Å²) < 4.78 is 11.9. The van der Waals surface area contributed by atoms with Gasteiger partial charge in [0.2, 0.25) is 5.13 Å². The molecule has 22 heavy (non-hydrogen) atoms. The molecule has 0 bridgehead atoms. The molecular formula is C15H21N3O3S. The first-order chi connectivity index (χ1) is 10.8. The standard InChI is InChI=1S/C15H21N3O3S/c1-3-16-18(7-9-20-10-8-19)15-17-13-6-5-12(21-4-2)11-14(13)22-15/h3,5-6,11,19H,4,7-10H2,1-2H3/b16-3+. The van der Waals surface area contributed by atoms with Gasteiger partial charge in [-0.05, 0) is 32.0 Å². The molecule has 1 aromatic heterocycles. The summed E-state index contributed by atoms with van der Waals surface area (Å²) in [7, 11) is 0. The lowest BCUT2D eigenvalue weighted by Crippen LogP contribution is -2.22. The number of aliphatic hydroxyl groups is 1. The lowest BCUT2D eigenvalue weighted by molar-refractivity contribution is 0.0967. The first kappa shape index (κ1) is 16.7. The Morgan fingerprint density at radius 1 is 1.41 bits per heavy atom. The summed E-state index contributed by atoms with van der Waals surface area (Å²) >= 11 is 1.57. The van der Waals surface area contributed by atoms with E-state index < -0.39 is 0 Å². The predicted octanol–water partition coefficient (Wildman–Crippen LogP) is 2.52. The fourth-order valence-electron chi connectivity index (χ4n) is 1.92. The van der Waals surface area contributed by atoms with Crippen molar-refractivity contribution in [3.63, 3.8) is 0 Å². The molecule has 0 saturated carbocycles. The monoisotopic (exact) mass is 323 g/mol. The van der Waals surface area contributed by atoms with Gasteiger partial charge < -0.3 is 14.6 Å². The van der Waals surface area contributed by atoms with E-state index in [9.17, 15) is 0 Å². The molecule has 6 nitrogen and oxygen atoms in total. The molecule has 0 amide bonds. The second kappa shape index (κ2) is 8.67. The number of ether oxygens (including phenoxy) is 2. The molecule has 1 heterocycles. The number of aromatic nitrogens is 1. The number of fused-ring (bicyclic) bond motifs is 1. The minimum atomic E-state index is 0.0262. The fourth-order valence-corrected chi connectivity index (χ4v) is 2.90. The van der Waals surface area contributed by atoms with Crippen molar-refractivity contribution in [3.05, 3.63) is 18.2 Å². The van der Waals surface area contributed by atoms with Gasteiger partial charge >= 0.3 is 0 Å². The highest BCUT2D eigenvalue weighted by atomic mass is 32.1. The zero-order valence-corrected chi connectivity index (χ0v) is 13.7. The highest BCUT2D eigenvalue weighted by molar-refractivity contribution is 7.22. The first-order valence-electron chi connectivity index (χ1n) is 7.26. The summed E-state index contributed by atoms with van der Waals surface area (Å²) in [6.07, 6.45) is 1.73. The third kappa shape index (κ3) is 4.40. The Bertz CT molecular complexity index is 615. The van der Waals surface area contributed by atoms with Gasteiger partial charge in [-0.15, -0.1) is 0 Å². The summed E-state index contributed by atoms with van der Waals surface area (Å²) in [4.78, 5) is 4.60. The molecule has 0 saturated heterocycles. The van der Waals surface area contributed by atoms with E-state index in [1.165, 1.54) is 0 Å². The van der Waals surface area contributed by atoms with Crippen LogP contribution in [0.3, 0.4) is 0 Å². The molecule has 120 valence electrons. The van der Waals surface area contributed by atoms with Crippen LogP contribution in [-0.4, -0.2) is 49.3 Å². The molecule has 0 radical (unpaired) electrons. The van der Waals surface area contributed by atoms with E-state index >= 15 is 0 Å². The van der Waals surface area contributed by atoms with E-state index in [1.54, 1.807) is 17.6 Å². The van der Waals surface area contributed by atoms with Crippen molar-refractivity contribution in [1.29, 1.82) is 0 Å². The second-order valence-electron chi connectivity index (χ2n) is 4.39. The number of hydrogen-bond donors (Lipinski definition) is 1. The van der Waals surface area contributed by atoms with E-state index in [4.69, 9.17) is 14.6 Å². The van der Waals surface area contributed by atoms with Gasteiger partial charge in [0, 0.05) is 6.21 Å². The van der Waals surface area contributed by atoms with Crippen LogP contribution in [0.4, 0.5) is 5.13 Å². The number of hydrogen-bond acceptors (Lipinski definition) is 7. The van der Waals surface area contributed by atoms with Crippen LogP contribution in [0.2, 0.25) is 0 Å². The maximum Gasteiger partial charge on any atom is 0.207 e. The van der Waals surface area contributed by atoms with E-state index in [0.717, 1.165) is 21.1 Å². The van der Waals surface area contributed by atoms with Crippen molar-refractivity contribution in [2.45, 2.75) is 13.8 Å². The van der Waals surface area contributed by atoms with Crippen LogP contribution in [-0.2, 0) is 4.74 Å². The van der Waals surface area contributed by atoms with Crippen molar-refractivity contribution >= 4 is 32.9 Å². The summed E-state index contributed by atoms with van der Waals surface area (Å²) in [6, 6.07) is 5.87. The SMILES string of the molecule is C/C=N/N(CCOCCO)c1nc2ccc(OCC)cc2s1. The normalized spacial score (nSPS) is 11.4. The minimum absolute atomic E-state index is 0.0262. The largest absolute Gasteiger partial charge is 0.494 e. The summed E-state index contributed by atoms with van der Waals surface area (Å²) in [5, 5.41) is 15.7. The van der Waals surface area contributed by atoms with Crippen LogP contribution in [0.5, 0.6) is 5.75 Å². The van der Waals surface area contributed by atoms with Crippen molar-refractivity contribution in [2.75, 3.05) is 38.0 Å². The van der Waals surface area contributed by atoms with E-state index in [2.05, 4.69) is 10.1 Å². The van der Waals surface area contributed by atoms with Crippen LogP contribution in [0, 0.1) is 0 Å². The number of thiazole rings is 1. The average Bonchev–Trinajstić information content (AvgIpc) is 2.94. The number of benzene rings is 1. The lowest BCUT2D eigenvalue weighted by atomic mass is 10.3. The molecule has 1 N–H and O–H groups in total. The molecule has 0 unspecified atom stereocenters. The van der Waals surface area contributed by atoms with Gasteiger partial charge in [0.1, 0.15) is 5.75 Å². The Morgan fingerprint density at radius 3 is 3.00 bits per heavy atom. The molecule has 0 spiro atoms. The van der Waals surface area contributed by atoms with Crippen molar-refractivity contribution in [1.82, 2.24) is 4.98 Å². The predicted molar refractivity (Wildman–Crippen MR) is 90.2 cm³/mol. The smallest absolute Gasteiger partial charge is 0.207 e. The Kier molecular flexibility index (Phi) is 6.57. The average molecular weight is 323 g/mol. The van der Waals surface area contributed by atoms with E-state index in [-0.39, 0.29) is 6.61 Å². The molecule has 2 aromatic rings.